The van der Waals surface area contributed by atoms with Crippen molar-refractivity contribution in [2.75, 3.05) is 32.9 Å². The molecule has 5 rings (SSSR count). The van der Waals surface area contributed by atoms with Crippen molar-refractivity contribution in [1.29, 1.82) is 0 Å². The SMILES string of the molecule is C=N/N=C(\OCC(F)F)c1ccc(Cn2c(=O)n(CC3CCN(C4COC4)CC3)c3cc(Br)ccc32)nc1. The Kier molecular flexibility index (Phi) is 8.29. The molecule has 0 N–H and O–H groups in total. The van der Waals surface area contributed by atoms with Gasteiger partial charge in [0.1, 0.15) is 0 Å². The van der Waals surface area contributed by atoms with Crippen LogP contribution < -0.4 is 5.69 Å². The minimum atomic E-state index is -2.65. The summed E-state index contributed by atoms with van der Waals surface area (Å²) in [7, 11) is 0. The first kappa shape index (κ1) is 26.6. The molecule has 0 bridgehead atoms. The third-order valence-corrected chi connectivity index (χ3v) is 7.60. The third-order valence-electron chi connectivity index (χ3n) is 7.11. The fraction of sp³-hybridized carbons (Fsp3) is 0.462. The van der Waals surface area contributed by atoms with Gasteiger partial charge in [0, 0.05) is 23.9 Å². The van der Waals surface area contributed by atoms with Gasteiger partial charge in [-0.25, -0.2) is 13.6 Å². The van der Waals surface area contributed by atoms with Crippen molar-refractivity contribution in [3.63, 3.8) is 0 Å². The van der Waals surface area contributed by atoms with Crippen LogP contribution in [0.1, 0.15) is 24.1 Å². The van der Waals surface area contributed by atoms with Gasteiger partial charge >= 0.3 is 5.69 Å². The second kappa shape index (κ2) is 11.8. The number of halogens is 3. The highest BCUT2D eigenvalue weighted by molar-refractivity contribution is 9.10. The molecule has 2 aliphatic heterocycles. The molecule has 2 aromatic heterocycles. The number of fused-ring (bicyclic) bond motifs is 1. The van der Waals surface area contributed by atoms with Crippen molar-refractivity contribution in [2.45, 2.75) is 38.4 Å². The molecule has 4 heterocycles. The van der Waals surface area contributed by atoms with Crippen molar-refractivity contribution in [2.24, 2.45) is 16.1 Å². The van der Waals surface area contributed by atoms with E-state index < -0.39 is 13.0 Å². The number of hydrogen-bond acceptors (Lipinski definition) is 7. The third kappa shape index (κ3) is 5.87. The maximum atomic E-state index is 13.6. The topological polar surface area (TPSA) is 86.2 Å². The zero-order valence-corrected chi connectivity index (χ0v) is 22.4. The number of pyridine rings is 1. The number of alkyl halides is 2. The van der Waals surface area contributed by atoms with E-state index in [0.29, 0.717) is 29.8 Å². The number of ether oxygens (including phenoxy) is 2. The van der Waals surface area contributed by atoms with E-state index in [1.807, 2.05) is 22.8 Å². The fourth-order valence-electron chi connectivity index (χ4n) is 5.00. The lowest BCUT2D eigenvalue weighted by atomic mass is 9.95. The predicted octanol–water partition coefficient (Wildman–Crippen LogP) is 3.76. The largest absolute Gasteiger partial charge is 0.470 e. The van der Waals surface area contributed by atoms with Crippen LogP contribution in [0, 0.1) is 5.92 Å². The number of hydrogen-bond donors (Lipinski definition) is 0. The summed E-state index contributed by atoms with van der Waals surface area (Å²) in [6.07, 6.45) is 0.909. The number of imidazole rings is 1. The minimum Gasteiger partial charge on any atom is -0.470 e. The molecule has 0 atom stereocenters. The number of piperidine rings is 1. The summed E-state index contributed by atoms with van der Waals surface area (Å²) in [5, 5.41) is 7.07. The molecule has 0 aliphatic carbocycles. The van der Waals surface area contributed by atoms with Gasteiger partial charge < -0.3 is 9.47 Å². The van der Waals surface area contributed by atoms with E-state index in [2.05, 4.69) is 42.7 Å². The zero-order valence-electron chi connectivity index (χ0n) is 20.8. The minimum absolute atomic E-state index is 0.0859. The molecule has 2 fully saturated rings. The Bertz CT molecular complexity index is 1360. The van der Waals surface area contributed by atoms with Gasteiger partial charge in [0.2, 0.25) is 5.90 Å². The summed E-state index contributed by atoms with van der Waals surface area (Å²) in [6.45, 7) is 7.07. The van der Waals surface area contributed by atoms with Gasteiger partial charge in [-0.05, 0) is 62.2 Å². The van der Waals surface area contributed by atoms with Crippen molar-refractivity contribution in [3.8, 4) is 0 Å². The number of rotatable bonds is 9. The van der Waals surface area contributed by atoms with Crippen molar-refractivity contribution < 1.29 is 18.3 Å². The lowest BCUT2D eigenvalue weighted by Crippen LogP contribution is -2.52. The molecule has 1 aromatic carbocycles. The Balaban J connectivity index is 1.35. The molecule has 0 spiro atoms. The van der Waals surface area contributed by atoms with Gasteiger partial charge in [-0.1, -0.05) is 15.9 Å². The quantitative estimate of drug-likeness (QED) is 0.215. The Morgan fingerprint density at radius 2 is 1.97 bits per heavy atom. The van der Waals surface area contributed by atoms with E-state index >= 15 is 0 Å². The summed E-state index contributed by atoms with van der Waals surface area (Å²) >= 11 is 3.55. The van der Waals surface area contributed by atoms with E-state index in [0.717, 1.165) is 54.7 Å². The van der Waals surface area contributed by atoms with Crippen LogP contribution in [0.3, 0.4) is 0 Å². The first-order chi connectivity index (χ1) is 18.4. The van der Waals surface area contributed by atoms with E-state index in [1.165, 1.54) is 6.20 Å². The molecular formula is C26H29BrF2N6O3. The second-order valence-corrected chi connectivity index (χ2v) is 10.5. The van der Waals surface area contributed by atoms with Crippen LogP contribution in [0.2, 0.25) is 0 Å². The maximum absolute atomic E-state index is 13.6. The van der Waals surface area contributed by atoms with Gasteiger partial charge in [-0.15, -0.1) is 5.10 Å². The van der Waals surface area contributed by atoms with E-state index in [-0.39, 0.29) is 18.1 Å². The first-order valence-corrected chi connectivity index (χ1v) is 13.3. The molecule has 2 saturated heterocycles. The highest BCUT2D eigenvalue weighted by Gasteiger charge is 2.30. The maximum Gasteiger partial charge on any atom is 0.329 e. The predicted molar refractivity (Wildman–Crippen MR) is 144 cm³/mol. The van der Waals surface area contributed by atoms with Crippen LogP contribution in [0.5, 0.6) is 0 Å². The number of likely N-dealkylation sites (tertiary alicyclic amines) is 1. The summed E-state index contributed by atoms with van der Waals surface area (Å²) in [4.78, 5) is 20.6. The highest BCUT2D eigenvalue weighted by Crippen LogP contribution is 2.26. The van der Waals surface area contributed by atoms with Crippen LogP contribution in [0.4, 0.5) is 8.78 Å². The van der Waals surface area contributed by atoms with Crippen LogP contribution in [0.25, 0.3) is 11.0 Å². The Hall–Kier alpha value is -2.96. The van der Waals surface area contributed by atoms with Gasteiger partial charge in [-0.2, -0.15) is 5.10 Å². The van der Waals surface area contributed by atoms with E-state index in [9.17, 15) is 13.6 Å². The van der Waals surface area contributed by atoms with Gasteiger partial charge in [0.25, 0.3) is 6.43 Å². The lowest BCUT2D eigenvalue weighted by molar-refractivity contribution is -0.0742. The molecule has 0 amide bonds. The van der Waals surface area contributed by atoms with E-state index in [1.54, 1.807) is 16.7 Å². The molecule has 202 valence electrons. The van der Waals surface area contributed by atoms with Gasteiger partial charge in [0.05, 0.1) is 48.1 Å². The van der Waals surface area contributed by atoms with Crippen molar-refractivity contribution in [1.82, 2.24) is 19.0 Å². The molecule has 0 saturated carbocycles. The summed E-state index contributed by atoms with van der Waals surface area (Å²) in [6, 6.07) is 9.75. The molecule has 12 heteroatoms. The molecule has 0 unspecified atom stereocenters. The standard InChI is InChI=1S/C26H29BrF2N6O3/c1-30-32-25(38-16-24(28)29)18-2-4-20(31-11-18)13-35-22-5-3-19(27)10-23(22)34(26(35)36)12-17-6-8-33(9-7-17)21-14-37-15-21/h2-5,10-11,17,21,24H,1,6-9,12-16H2/b32-25-. The van der Waals surface area contributed by atoms with Gasteiger partial charge in [-0.3, -0.25) is 19.0 Å². The monoisotopic (exact) mass is 590 g/mol. The van der Waals surface area contributed by atoms with Crippen molar-refractivity contribution >= 4 is 39.6 Å². The van der Waals surface area contributed by atoms with E-state index in [4.69, 9.17) is 9.47 Å². The van der Waals surface area contributed by atoms with Crippen LogP contribution in [0.15, 0.2) is 56.0 Å². The normalized spacial score (nSPS) is 17.7. The molecular weight excluding hydrogens is 562 g/mol. The van der Waals surface area contributed by atoms with Crippen LogP contribution in [-0.2, 0) is 22.6 Å². The molecule has 2 aliphatic rings. The Labute approximate surface area is 226 Å². The summed E-state index contributed by atoms with van der Waals surface area (Å²) in [5.74, 6) is 0.332. The second-order valence-electron chi connectivity index (χ2n) is 9.57. The molecule has 38 heavy (non-hydrogen) atoms. The number of aromatic nitrogens is 3. The average molecular weight is 591 g/mol. The number of benzene rings is 1. The number of nitrogens with zero attached hydrogens (tertiary/aromatic N) is 6. The Morgan fingerprint density at radius 1 is 1.18 bits per heavy atom. The highest BCUT2D eigenvalue weighted by atomic mass is 79.9. The first-order valence-electron chi connectivity index (χ1n) is 12.5. The van der Waals surface area contributed by atoms with Crippen LogP contribution in [-0.4, -0.2) is 77.0 Å². The Morgan fingerprint density at radius 3 is 2.61 bits per heavy atom. The smallest absolute Gasteiger partial charge is 0.329 e. The van der Waals surface area contributed by atoms with Crippen molar-refractivity contribution in [3.05, 3.63) is 62.7 Å². The summed E-state index contributed by atoms with van der Waals surface area (Å²) < 4.78 is 40.0. The lowest BCUT2D eigenvalue weighted by Gasteiger charge is -2.41. The molecule has 9 nitrogen and oxygen atoms in total. The fourth-order valence-corrected chi connectivity index (χ4v) is 5.35. The molecule has 3 aromatic rings. The molecule has 0 radical (unpaired) electrons. The van der Waals surface area contributed by atoms with Crippen LogP contribution >= 0.6 is 15.9 Å². The zero-order chi connectivity index (χ0) is 26.6. The summed E-state index contributed by atoms with van der Waals surface area (Å²) in [5.41, 5.74) is 2.64. The average Bonchev–Trinajstić information content (AvgIpc) is 3.12. The van der Waals surface area contributed by atoms with Gasteiger partial charge in [0.15, 0.2) is 6.61 Å².